The SMILES string of the molecule is CC(C)CC(C)NS(=O)(=O)c1ncccc1F. The highest BCUT2D eigenvalue weighted by Crippen LogP contribution is 2.12. The van der Waals surface area contributed by atoms with Gasteiger partial charge in [-0.05, 0) is 31.4 Å². The summed E-state index contributed by atoms with van der Waals surface area (Å²) in [5, 5.41) is -0.546. The van der Waals surface area contributed by atoms with Crippen molar-refractivity contribution in [3.63, 3.8) is 0 Å². The first-order valence-corrected chi connectivity index (χ1v) is 6.94. The molecule has 1 N–H and O–H groups in total. The molecule has 0 aliphatic rings. The molecule has 0 aliphatic carbocycles. The van der Waals surface area contributed by atoms with Crippen LogP contribution < -0.4 is 4.72 Å². The maximum absolute atomic E-state index is 13.3. The third kappa shape index (κ3) is 4.05. The molecule has 0 aromatic carbocycles. The molecule has 17 heavy (non-hydrogen) atoms. The summed E-state index contributed by atoms with van der Waals surface area (Å²) in [6, 6.07) is 2.18. The quantitative estimate of drug-likeness (QED) is 0.880. The lowest BCUT2D eigenvalue weighted by atomic mass is 10.1. The van der Waals surface area contributed by atoms with Gasteiger partial charge in [0.2, 0.25) is 5.03 Å². The summed E-state index contributed by atoms with van der Waals surface area (Å²) in [6.07, 6.45) is 1.94. The number of halogens is 1. The Balaban J connectivity index is 2.86. The van der Waals surface area contributed by atoms with Crippen molar-refractivity contribution in [2.45, 2.75) is 38.3 Å². The Bertz CT molecular complexity index is 474. The number of pyridine rings is 1. The Morgan fingerprint density at radius 3 is 2.59 bits per heavy atom. The average Bonchev–Trinajstić information content (AvgIpc) is 2.15. The van der Waals surface area contributed by atoms with Gasteiger partial charge in [-0.1, -0.05) is 13.8 Å². The summed E-state index contributed by atoms with van der Waals surface area (Å²) in [5.74, 6) is -0.474. The second-order valence-corrected chi connectivity index (χ2v) is 6.07. The molecule has 0 radical (unpaired) electrons. The summed E-state index contributed by atoms with van der Waals surface area (Å²) in [4.78, 5) is 3.56. The number of nitrogens with one attached hydrogen (secondary N) is 1. The van der Waals surface area contributed by atoms with E-state index >= 15 is 0 Å². The van der Waals surface area contributed by atoms with Crippen LogP contribution in [0.3, 0.4) is 0 Å². The van der Waals surface area contributed by atoms with Gasteiger partial charge in [-0.25, -0.2) is 22.5 Å². The van der Waals surface area contributed by atoms with E-state index in [9.17, 15) is 12.8 Å². The topological polar surface area (TPSA) is 59.1 Å². The molecule has 1 aromatic heterocycles. The van der Waals surface area contributed by atoms with Gasteiger partial charge in [0.25, 0.3) is 10.0 Å². The van der Waals surface area contributed by atoms with Gasteiger partial charge in [-0.2, -0.15) is 0 Å². The molecule has 1 atom stereocenters. The van der Waals surface area contributed by atoms with E-state index in [4.69, 9.17) is 0 Å². The van der Waals surface area contributed by atoms with Crippen LogP contribution >= 0.6 is 0 Å². The van der Waals surface area contributed by atoms with Crippen LogP contribution in [-0.2, 0) is 10.0 Å². The molecule has 0 bridgehead atoms. The van der Waals surface area contributed by atoms with Crippen LogP contribution in [0.15, 0.2) is 23.4 Å². The largest absolute Gasteiger partial charge is 0.261 e. The molecule has 1 rings (SSSR count). The molecule has 96 valence electrons. The predicted molar refractivity (Wildman–Crippen MR) is 63.4 cm³/mol. The number of nitrogens with zero attached hydrogens (tertiary/aromatic N) is 1. The molecule has 6 heteroatoms. The molecule has 0 amide bonds. The molecule has 0 saturated heterocycles. The molecule has 0 spiro atoms. The Morgan fingerprint density at radius 1 is 1.41 bits per heavy atom. The summed E-state index contributed by atoms with van der Waals surface area (Å²) in [5.41, 5.74) is 0. The normalized spacial score (nSPS) is 13.9. The predicted octanol–water partition coefficient (Wildman–Crippen LogP) is 1.93. The first-order chi connectivity index (χ1) is 7.83. The minimum atomic E-state index is -3.87. The average molecular weight is 260 g/mol. The number of rotatable bonds is 5. The molecule has 0 saturated carbocycles. The zero-order chi connectivity index (χ0) is 13.1. The van der Waals surface area contributed by atoms with Crippen molar-refractivity contribution in [3.05, 3.63) is 24.1 Å². The highest BCUT2D eigenvalue weighted by atomic mass is 32.2. The first kappa shape index (κ1) is 14.1. The van der Waals surface area contributed by atoms with Crippen molar-refractivity contribution in [1.82, 2.24) is 9.71 Å². The molecule has 4 nitrogen and oxygen atoms in total. The zero-order valence-corrected chi connectivity index (χ0v) is 11.0. The van der Waals surface area contributed by atoms with Gasteiger partial charge < -0.3 is 0 Å². The van der Waals surface area contributed by atoms with Gasteiger partial charge in [0.1, 0.15) is 0 Å². The van der Waals surface area contributed by atoms with Crippen molar-refractivity contribution < 1.29 is 12.8 Å². The number of sulfonamides is 1. The van der Waals surface area contributed by atoms with E-state index in [1.165, 1.54) is 12.3 Å². The smallest absolute Gasteiger partial charge is 0.241 e. The first-order valence-electron chi connectivity index (χ1n) is 5.45. The van der Waals surface area contributed by atoms with E-state index in [0.717, 1.165) is 6.07 Å². The van der Waals surface area contributed by atoms with Crippen LogP contribution in [0.1, 0.15) is 27.2 Å². The van der Waals surface area contributed by atoms with Gasteiger partial charge >= 0.3 is 0 Å². The van der Waals surface area contributed by atoms with Gasteiger partial charge in [0.15, 0.2) is 5.82 Å². The third-order valence-corrected chi connectivity index (χ3v) is 3.68. The molecular formula is C11H17FN2O2S. The van der Waals surface area contributed by atoms with Crippen LogP contribution in [0.4, 0.5) is 4.39 Å². The summed E-state index contributed by atoms with van der Waals surface area (Å²) in [6.45, 7) is 5.73. The second-order valence-electron chi connectivity index (χ2n) is 4.44. The van der Waals surface area contributed by atoms with E-state index in [1.807, 2.05) is 13.8 Å². The lowest BCUT2D eigenvalue weighted by Gasteiger charge is -2.15. The van der Waals surface area contributed by atoms with E-state index < -0.39 is 20.9 Å². The number of aromatic nitrogens is 1. The zero-order valence-electron chi connectivity index (χ0n) is 10.1. The maximum atomic E-state index is 13.3. The summed E-state index contributed by atoms with van der Waals surface area (Å²) in [7, 11) is -3.87. The molecule has 1 aromatic rings. The minimum absolute atomic E-state index is 0.249. The fraction of sp³-hybridized carbons (Fsp3) is 0.545. The molecule has 1 heterocycles. The number of hydrogen-bond donors (Lipinski definition) is 1. The number of hydrogen-bond acceptors (Lipinski definition) is 3. The Morgan fingerprint density at radius 2 is 2.06 bits per heavy atom. The highest BCUT2D eigenvalue weighted by Gasteiger charge is 2.22. The summed E-state index contributed by atoms with van der Waals surface area (Å²) >= 11 is 0. The van der Waals surface area contributed by atoms with E-state index in [-0.39, 0.29) is 6.04 Å². The molecule has 0 fully saturated rings. The van der Waals surface area contributed by atoms with Gasteiger partial charge in [0, 0.05) is 12.2 Å². The Labute approximate surface area is 101 Å². The lowest BCUT2D eigenvalue weighted by Crippen LogP contribution is -2.34. The van der Waals surface area contributed by atoms with Crippen LogP contribution in [0.5, 0.6) is 0 Å². The minimum Gasteiger partial charge on any atom is -0.241 e. The van der Waals surface area contributed by atoms with Crippen molar-refractivity contribution in [2.24, 2.45) is 5.92 Å². The van der Waals surface area contributed by atoms with Crippen LogP contribution in [-0.4, -0.2) is 19.4 Å². The summed E-state index contributed by atoms with van der Waals surface area (Å²) < 4.78 is 39.4. The van der Waals surface area contributed by atoms with Crippen molar-refractivity contribution in [3.8, 4) is 0 Å². The van der Waals surface area contributed by atoms with Gasteiger partial charge in [0.05, 0.1) is 0 Å². The van der Waals surface area contributed by atoms with Gasteiger partial charge in [-0.15, -0.1) is 0 Å². The maximum Gasteiger partial charge on any atom is 0.261 e. The van der Waals surface area contributed by atoms with E-state index in [2.05, 4.69) is 9.71 Å². The Hall–Kier alpha value is -1.01. The highest BCUT2D eigenvalue weighted by molar-refractivity contribution is 7.89. The lowest BCUT2D eigenvalue weighted by molar-refractivity contribution is 0.477. The van der Waals surface area contributed by atoms with Crippen molar-refractivity contribution >= 4 is 10.0 Å². The second kappa shape index (κ2) is 5.55. The van der Waals surface area contributed by atoms with Crippen molar-refractivity contribution in [2.75, 3.05) is 0 Å². The van der Waals surface area contributed by atoms with Crippen LogP contribution in [0, 0.1) is 11.7 Å². The van der Waals surface area contributed by atoms with E-state index in [1.54, 1.807) is 6.92 Å². The molecule has 1 unspecified atom stereocenters. The van der Waals surface area contributed by atoms with Crippen LogP contribution in [0.25, 0.3) is 0 Å². The molecule has 0 aliphatic heterocycles. The van der Waals surface area contributed by atoms with Gasteiger partial charge in [-0.3, -0.25) is 0 Å². The standard InChI is InChI=1S/C11H17FN2O2S/c1-8(2)7-9(3)14-17(15,16)11-10(12)5-4-6-13-11/h4-6,8-9,14H,7H2,1-3H3. The fourth-order valence-corrected chi connectivity index (χ4v) is 2.91. The Kier molecular flexibility index (Phi) is 4.59. The fourth-order valence-electron chi connectivity index (χ4n) is 1.64. The molecular weight excluding hydrogens is 243 g/mol. The van der Waals surface area contributed by atoms with Crippen LogP contribution in [0.2, 0.25) is 0 Å². The van der Waals surface area contributed by atoms with E-state index in [0.29, 0.717) is 12.3 Å². The third-order valence-electron chi connectivity index (χ3n) is 2.16. The monoisotopic (exact) mass is 260 g/mol. The van der Waals surface area contributed by atoms with Crippen molar-refractivity contribution in [1.29, 1.82) is 0 Å².